The van der Waals surface area contributed by atoms with Crippen LogP contribution in [0, 0.1) is 0 Å². The lowest BCUT2D eigenvalue weighted by Gasteiger charge is -2.07. The van der Waals surface area contributed by atoms with Crippen LogP contribution in [0.1, 0.15) is 17.3 Å². The largest absolute Gasteiger partial charge is 0.462 e. The second kappa shape index (κ2) is 6.72. The van der Waals surface area contributed by atoms with Gasteiger partial charge in [-0.1, -0.05) is 11.3 Å². The molecule has 0 aliphatic carbocycles. The summed E-state index contributed by atoms with van der Waals surface area (Å²) in [4.78, 5) is 18.0. The Hall–Kier alpha value is -1.87. The van der Waals surface area contributed by atoms with Crippen LogP contribution in [-0.4, -0.2) is 41.9 Å². The van der Waals surface area contributed by atoms with Gasteiger partial charge >= 0.3 is 5.97 Å². The summed E-state index contributed by atoms with van der Waals surface area (Å²) in [5.74, 6) is -0.447. The van der Waals surface area contributed by atoms with Crippen LogP contribution in [0.3, 0.4) is 0 Å². The summed E-state index contributed by atoms with van der Waals surface area (Å²) in [6.07, 6.45) is 1.50. The van der Waals surface area contributed by atoms with Gasteiger partial charge in [0.2, 0.25) is 5.13 Å². The molecule has 2 aromatic heterocycles. The van der Waals surface area contributed by atoms with Crippen LogP contribution in [-0.2, 0) is 4.74 Å². The van der Waals surface area contributed by atoms with E-state index in [4.69, 9.17) is 10.5 Å². The second-order valence-corrected chi connectivity index (χ2v) is 6.38. The molecule has 0 saturated heterocycles. The summed E-state index contributed by atoms with van der Waals surface area (Å²) < 4.78 is 5.71. The lowest BCUT2D eigenvalue weighted by atomic mass is 10.3. The predicted molar refractivity (Wildman–Crippen MR) is 83.0 cm³/mol. The highest BCUT2D eigenvalue weighted by molar-refractivity contribution is 8.01. The molecule has 112 valence electrons. The van der Waals surface area contributed by atoms with Crippen LogP contribution in [0.5, 0.6) is 0 Å². The smallest absolute Gasteiger partial charge is 0.340 e. The van der Waals surface area contributed by atoms with Crippen LogP contribution in [0.15, 0.2) is 21.6 Å². The Bertz CT molecular complexity index is 644. The first kappa shape index (κ1) is 15.5. The molecule has 0 aromatic carbocycles. The Labute approximate surface area is 130 Å². The Balaban J connectivity index is 2.28. The molecule has 0 amide bonds. The van der Waals surface area contributed by atoms with Crippen molar-refractivity contribution in [2.75, 3.05) is 31.3 Å². The van der Waals surface area contributed by atoms with Crippen molar-refractivity contribution < 1.29 is 9.53 Å². The van der Waals surface area contributed by atoms with E-state index in [1.165, 1.54) is 29.3 Å². The van der Waals surface area contributed by atoms with Gasteiger partial charge in [0, 0.05) is 14.1 Å². The van der Waals surface area contributed by atoms with Gasteiger partial charge in [-0.2, -0.15) is 0 Å². The van der Waals surface area contributed by atoms with E-state index in [0.29, 0.717) is 27.2 Å². The van der Waals surface area contributed by atoms with Crippen molar-refractivity contribution in [2.24, 2.45) is 0 Å². The Kier molecular flexibility index (Phi) is 4.97. The van der Waals surface area contributed by atoms with Crippen LogP contribution in [0.2, 0.25) is 0 Å². The van der Waals surface area contributed by atoms with Crippen molar-refractivity contribution in [1.82, 2.24) is 15.2 Å². The van der Waals surface area contributed by atoms with E-state index in [1.807, 2.05) is 19.0 Å². The number of ether oxygens (including phenoxy) is 1. The molecular weight excluding hydrogens is 310 g/mol. The van der Waals surface area contributed by atoms with Gasteiger partial charge in [0.25, 0.3) is 0 Å². The van der Waals surface area contributed by atoms with E-state index < -0.39 is 5.97 Å². The number of carbonyl (C=O) groups excluding carboxylic acids is 1. The fourth-order valence-electron chi connectivity index (χ4n) is 1.41. The topological polar surface area (TPSA) is 94.2 Å². The molecule has 0 unspecified atom stereocenters. The molecule has 2 aromatic rings. The third-order valence-corrected chi connectivity index (χ3v) is 4.49. The molecule has 0 aliphatic rings. The molecule has 0 fully saturated rings. The van der Waals surface area contributed by atoms with E-state index in [1.54, 1.807) is 13.0 Å². The standard InChI is InChI=1S/C12H15N5O2S2/c1-4-19-10(18)8-5-7(13)6-14-9(8)20-12-16-15-11(21-12)17(2)3/h5-6H,4,13H2,1-3H3. The van der Waals surface area contributed by atoms with Crippen molar-refractivity contribution in [3.63, 3.8) is 0 Å². The Morgan fingerprint density at radius 3 is 2.86 bits per heavy atom. The van der Waals surface area contributed by atoms with Crippen molar-refractivity contribution in [3.05, 3.63) is 17.8 Å². The SMILES string of the molecule is CCOC(=O)c1cc(N)cnc1Sc1nnc(N(C)C)s1. The van der Waals surface area contributed by atoms with Gasteiger partial charge in [0.1, 0.15) is 5.03 Å². The van der Waals surface area contributed by atoms with Gasteiger partial charge in [0.15, 0.2) is 4.34 Å². The summed E-state index contributed by atoms with van der Waals surface area (Å²) in [6, 6.07) is 1.56. The number of hydrogen-bond acceptors (Lipinski definition) is 9. The first-order valence-corrected chi connectivity index (χ1v) is 7.76. The number of aromatic nitrogens is 3. The monoisotopic (exact) mass is 325 g/mol. The highest BCUT2D eigenvalue weighted by atomic mass is 32.2. The highest BCUT2D eigenvalue weighted by Gasteiger charge is 2.17. The molecule has 21 heavy (non-hydrogen) atoms. The summed E-state index contributed by atoms with van der Waals surface area (Å²) in [5.41, 5.74) is 6.43. The fraction of sp³-hybridized carbons (Fsp3) is 0.333. The van der Waals surface area contributed by atoms with Gasteiger partial charge in [-0.3, -0.25) is 0 Å². The van der Waals surface area contributed by atoms with Crippen molar-refractivity contribution in [3.8, 4) is 0 Å². The molecule has 2 rings (SSSR count). The molecular formula is C12H15N5O2S2. The van der Waals surface area contributed by atoms with E-state index in [0.717, 1.165) is 5.13 Å². The summed E-state index contributed by atoms with van der Waals surface area (Å²) >= 11 is 2.68. The van der Waals surface area contributed by atoms with Crippen molar-refractivity contribution >= 4 is 39.9 Å². The third-order valence-electron chi connectivity index (χ3n) is 2.33. The molecule has 0 atom stereocenters. The van der Waals surface area contributed by atoms with E-state index in [-0.39, 0.29) is 0 Å². The molecule has 0 radical (unpaired) electrons. The molecule has 9 heteroatoms. The number of nitrogen functional groups attached to an aromatic ring is 1. The molecule has 2 N–H and O–H groups in total. The van der Waals surface area contributed by atoms with Crippen LogP contribution in [0.25, 0.3) is 0 Å². The van der Waals surface area contributed by atoms with E-state index in [9.17, 15) is 4.79 Å². The number of pyridine rings is 1. The van der Waals surface area contributed by atoms with Crippen molar-refractivity contribution in [2.45, 2.75) is 16.3 Å². The zero-order chi connectivity index (χ0) is 15.4. The Morgan fingerprint density at radius 2 is 2.24 bits per heavy atom. The Morgan fingerprint density at radius 1 is 1.48 bits per heavy atom. The first-order chi connectivity index (χ1) is 10.0. The number of esters is 1. The lowest BCUT2D eigenvalue weighted by molar-refractivity contribution is 0.0521. The number of hydrogen-bond donors (Lipinski definition) is 1. The molecule has 0 aliphatic heterocycles. The summed E-state index contributed by atoms with van der Waals surface area (Å²) in [6.45, 7) is 2.04. The zero-order valence-corrected chi connectivity index (χ0v) is 13.5. The summed E-state index contributed by atoms with van der Waals surface area (Å²) in [7, 11) is 3.78. The average molecular weight is 325 g/mol. The van der Waals surface area contributed by atoms with Gasteiger partial charge in [-0.05, 0) is 24.8 Å². The van der Waals surface area contributed by atoms with E-state index in [2.05, 4.69) is 15.2 Å². The number of nitrogens with zero attached hydrogens (tertiary/aromatic N) is 4. The maximum atomic E-state index is 11.9. The van der Waals surface area contributed by atoms with Gasteiger partial charge in [-0.15, -0.1) is 10.2 Å². The summed E-state index contributed by atoms with van der Waals surface area (Å²) in [5, 5.41) is 9.40. The average Bonchev–Trinajstić information content (AvgIpc) is 2.90. The van der Waals surface area contributed by atoms with Crippen LogP contribution >= 0.6 is 23.1 Å². The first-order valence-electron chi connectivity index (χ1n) is 6.12. The normalized spacial score (nSPS) is 10.4. The quantitative estimate of drug-likeness (QED) is 0.833. The lowest BCUT2D eigenvalue weighted by Crippen LogP contribution is -2.08. The van der Waals surface area contributed by atoms with E-state index >= 15 is 0 Å². The van der Waals surface area contributed by atoms with Gasteiger partial charge in [0.05, 0.1) is 24.1 Å². The minimum atomic E-state index is -0.447. The molecule has 2 heterocycles. The third kappa shape index (κ3) is 3.82. The number of anilines is 2. The zero-order valence-electron chi connectivity index (χ0n) is 11.9. The molecule has 7 nitrogen and oxygen atoms in total. The minimum Gasteiger partial charge on any atom is -0.462 e. The number of carbonyl (C=O) groups is 1. The predicted octanol–water partition coefficient (Wildman–Crippen LogP) is 1.91. The van der Waals surface area contributed by atoms with Crippen LogP contribution in [0.4, 0.5) is 10.8 Å². The highest BCUT2D eigenvalue weighted by Crippen LogP contribution is 2.34. The van der Waals surface area contributed by atoms with Crippen molar-refractivity contribution in [1.29, 1.82) is 0 Å². The number of rotatable bonds is 5. The minimum absolute atomic E-state index is 0.293. The molecule has 0 spiro atoms. The number of nitrogens with two attached hydrogens (primary N) is 1. The molecule has 0 saturated carbocycles. The van der Waals surface area contributed by atoms with Gasteiger partial charge < -0.3 is 15.4 Å². The second-order valence-electron chi connectivity index (χ2n) is 4.19. The maximum absolute atomic E-state index is 11.9. The maximum Gasteiger partial charge on any atom is 0.340 e. The van der Waals surface area contributed by atoms with Gasteiger partial charge in [-0.25, -0.2) is 9.78 Å². The van der Waals surface area contributed by atoms with Crippen LogP contribution < -0.4 is 10.6 Å². The fourth-order valence-corrected chi connectivity index (χ4v) is 3.15. The molecule has 0 bridgehead atoms.